The van der Waals surface area contributed by atoms with Gasteiger partial charge in [0.15, 0.2) is 0 Å². The molecular formula is C29H23F3N2O3S. The number of methoxy groups -OCH3 is 1. The molecule has 0 saturated carbocycles. The van der Waals surface area contributed by atoms with Crippen LogP contribution < -0.4 is 15.4 Å². The second-order valence-corrected chi connectivity index (χ2v) is 9.33. The molecule has 2 amide bonds. The second-order valence-electron chi connectivity index (χ2n) is 8.15. The fourth-order valence-electron chi connectivity index (χ4n) is 3.66. The number of para-hydroxylation sites is 1. The number of hydrogen-bond acceptors (Lipinski definition) is 4. The normalized spacial score (nSPS) is 11.9. The van der Waals surface area contributed by atoms with Crippen LogP contribution in [0.15, 0.2) is 108 Å². The summed E-state index contributed by atoms with van der Waals surface area (Å²) in [6.45, 7) is 0. The number of benzene rings is 4. The number of thioether (sulfide) groups is 1. The number of nitrogens with one attached hydrogen (secondary N) is 2. The van der Waals surface area contributed by atoms with Gasteiger partial charge in [0.25, 0.3) is 5.91 Å². The highest BCUT2D eigenvalue weighted by molar-refractivity contribution is 8.00. The summed E-state index contributed by atoms with van der Waals surface area (Å²) in [5.74, 6) is -0.338. The van der Waals surface area contributed by atoms with Crippen molar-refractivity contribution < 1.29 is 27.5 Å². The van der Waals surface area contributed by atoms with Crippen LogP contribution in [-0.4, -0.2) is 18.9 Å². The van der Waals surface area contributed by atoms with Gasteiger partial charge in [0.1, 0.15) is 11.0 Å². The van der Waals surface area contributed by atoms with E-state index < -0.39 is 22.9 Å². The maximum absolute atomic E-state index is 13.5. The van der Waals surface area contributed by atoms with Gasteiger partial charge in [-0.05, 0) is 60.2 Å². The molecule has 194 valence electrons. The maximum Gasteiger partial charge on any atom is 0.418 e. The predicted molar refractivity (Wildman–Crippen MR) is 143 cm³/mol. The first-order chi connectivity index (χ1) is 18.2. The molecule has 0 aliphatic rings. The van der Waals surface area contributed by atoms with Gasteiger partial charge >= 0.3 is 6.18 Å². The van der Waals surface area contributed by atoms with Crippen molar-refractivity contribution in [1.82, 2.24) is 0 Å². The third-order valence-electron chi connectivity index (χ3n) is 5.53. The highest BCUT2D eigenvalue weighted by Gasteiger charge is 2.34. The molecule has 4 aromatic rings. The number of amides is 2. The first kappa shape index (κ1) is 26.8. The summed E-state index contributed by atoms with van der Waals surface area (Å²) in [4.78, 5) is 26.5. The molecule has 0 aliphatic carbocycles. The van der Waals surface area contributed by atoms with E-state index in [1.54, 1.807) is 78.9 Å². The van der Waals surface area contributed by atoms with Crippen LogP contribution in [0.2, 0.25) is 0 Å². The fourth-order valence-corrected chi connectivity index (χ4v) is 4.68. The van der Waals surface area contributed by atoms with Crippen LogP contribution in [-0.2, 0) is 11.0 Å². The Morgan fingerprint density at radius 1 is 0.816 bits per heavy atom. The van der Waals surface area contributed by atoms with Crippen molar-refractivity contribution >= 4 is 35.0 Å². The minimum Gasteiger partial charge on any atom is -0.497 e. The van der Waals surface area contributed by atoms with Crippen LogP contribution in [0.5, 0.6) is 5.75 Å². The Kier molecular flexibility index (Phi) is 8.38. The Bertz CT molecular complexity index is 1410. The molecule has 1 atom stereocenters. The number of ether oxygens (including phenoxy) is 1. The van der Waals surface area contributed by atoms with Crippen molar-refractivity contribution in [3.05, 3.63) is 120 Å². The Labute approximate surface area is 222 Å². The van der Waals surface area contributed by atoms with Crippen molar-refractivity contribution in [2.45, 2.75) is 16.3 Å². The molecular weight excluding hydrogens is 513 g/mol. The molecule has 0 saturated heterocycles. The third-order valence-corrected chi connectivity index (χ3v) is 6.80. The van der Waals surface area contributed by atoms with Crippen LogP contribution in [0.1, 0.15) is 26.7 Å². The summed E-state index contributed by atoms with van der Waals surface area (Å²) in [5, 5.41) is 4.44. The lowest BCUT2D eigenvalue weighted by Gasteiger charge is -2.19. The highest BCUT2D eigenvalue weighted by atomic mass is 32.2. The van der Waals surface area contributed by atoms with E-state index in [-0.39, 0.29) is 11.6 Å². The molecule has 4 rings (SSSR count). The lowest BCUT2D eigenvalue weighted by atomic mass is 10.1. The Morgan fingerprint density at radius 2 is 1.50 bits per heavy atom. The molecule has 0 heterocycles. The predicted octanol–water partition coefficient (Wildman–Crippen LogP) is 7.44. The third kappa shape index (κ3) is 6.74. The Balaban J connectivity index is 1.52. The van der Waals surface area contributed by atoms with Crippen LogP contribution in [0, 0.1) is 0 Å². The molecule has 5 nitrogen and oxygen atoms in total. The molecule has 0 spiro atoms. The maximum atomic E-state index is 13.5. The molecule has 0 aliphatic heterocycles. The molecule has 9 heteroatoms. The quantitative estimate of drug-likeness (QED) is 0.230. The highest BCUT2D eigenvalue weighted by Crippen LogP contribution is 2.39. The molecule has 0 fully saturated rings. The number of alkyl halides is 3. The molecule has 0 bridgehead atoms. The summed E-state index contributed by atoms with van der Waals surface area (Å²) in [7, 11) is 1.52. The van der Waals surface area contributed by atoms with Gasteiger partial charge in [0.2, 0.25) is 5.91 Å². The SMILES string of the molecule is COc1cccc(C(=O)Nc2ccc(SC(C(=O)Nc3ccccc3C(F)(F)F)c3ccccc3)cc2)c1. The lowest BCUT2D eigenvalue weighted by molar-refractivity contribution is -0.137. The summed E-state index contributed by atoms with van der Waals surface area (Å²) >= 11 is 1.19. The Hall–Kier alpha value is -4.24. The van der Waals surface area contributed by atoms with Gasteiger partial charge < -0.3 is 15.4 Å². The zero-order valence-electron chi connectivity index (χ0n) is 20.2. The number of carbonyl (C=O) groups is 2. The summed E-state index contributed by atoms with van der Waals surface area (Å²) < 4.78 is 45.5. The van der Waals surface area contributed by atoms with Crippen molar-refractivity contribution in [2.24, 2.45) is 0 Å². The number of hydrogen-bond donors (Lipinski definition) is 2. The van der Waals surface area contributed by atoms with Gasteiger partial charge in [-0.25, -0.2) is 0 Å². The van der Waals surface area contributed by atoms with Gasteiger partial charge in [-0.3, -0.25) is 9.59 Å². The van der Waals surface area contributed by atoms with E-state index in [4.69, 9.17) is 4.74 Å². The number of rotatable bonds is 8. The van der Waals surface area contributed by atoms with Crippen LogP contribution in [0.4, 0.5) is 24.5 Å². The number of anilines is 2. The number of halogens is 3. The minimum atomic E-state index is -4.61. The van der Waals surface area contributed by atoms with Gasteiger partial charge in [0, 0.05) is 16.1 Å². The molecule has 1 unspecified atom stereocenters. The number of carbonyl (C=O) groups excluding carboxylic acids is 2. The van der Waals surface area contributed by atoms with Gasteiger partial charge in [-0.1, -0.05) is 48.5 Å². The summed E-state index contributed by atoms with van der Waals surface area (Å²) in [5.41, 5.74) is 0.392. The fraction of sp³-hybridized carbons (Fsp3) is 0.103. The monoisotopic (exact) mass is 536 g/mol. The average molecular weight is 537 g/mol. The molecule has 0 aromatic heterocycles. The first-order valence-electron chi connectivity index (χ1n) is 11.5. The molecule has 38 heavy (non-hydrogen) atoms. The van der Waals surface area contributed by atoms with Crippen molar-refractivity contribution in [3.63, 3.8) is 0 Å². The standard InChI is InChI=1S/C29H23F3N2O3S/c1-37-22-11-7-10-20(18-22)27(35)33-21-14-16-23(17-15-21)38-26(19-8-3-2-4-9-19)28(36)34-25-13-6-5-12-24(25)29(30,31)32/h2-18,26H,1H3,(H,33,35)(H,34,36). The lowest BCUT2D eigenvalue weighted by Crippen LogP contribution is -2.21. The van der Waals surface area contributed by atoms with E-state index in [1.165, 1.54) is 37.1 Å². The second kappa shape index (κ2) is 11.9. The van der Waals surface area contributed by atoms with E-state index in [2.05, 4.69) is 10.6 Å². The largest absolute Gasteiger partial charge is 0.497 e. The van der Waals surface area contributed by atoms with E-state index in [0.29, 0.717) is 27.5 Å². The van der Waals surface area contributed by atoms with E-state index in [9.17, 15) is 22.8 Å². The van der Waals surface area contributed by atoms with Crippen molar-refractivity contribution in [1.29, 1.82) is 0 Å². The minimum absolute atomic E-state index is 0.304. The van der Waals surface area contributed by atoms with E-state index >= 15 is 0 Å². The van der Waals surface area contributed by atoms with Crippen molar-refractivity contribution in [3.8, 4) is 5.75 Å². The average Bonchev–Trinajstić information content (AvgIpc) is 2.92. The molecule has 0 radical (unpaired) electrons. The van der Waals surface area contributed by atoms with Crippen molar-refractivity contribution in [2.75, 3.05) is 17.7 Å². The Morgan fingerprint density at radius 3 is 2.18 bits per heavy atom. The summed E-state index contributed by atoms with van der Waals surface area (Å²) in [6, 6.07) is 27.3. The van der Waals surface area contributed by atoms with E-state index in [1.807, 2.05) is 0 Å². The van der Waals surface area contributed by atoms with Gasteiger partial charge in [0.05, 0.1) is 18.4 Å². The molecule has 2 N–H and O–H groups in total. The van der Waals surface area contributed by atoms with E-state index in [0.717, 1.165) is 6.07 Å². The smallest absolute Gasteiger partial charge is 0.418 e. The first-order valence-corrected chi connectivity index (χ1v) is 12.4. The topological polar surface area (TPSA) is 67.4 Å². The molecule has 4 aromatic carbocycles. The summed E-state index contributed by atoms with van der Waals surface area (Å²) in [6.07, 6.45) is -4.61. The van der Waals surface area contributed by atoms with Crippen LogP contribution >= 0.6 is 11.8 Å². The van der Waals surface area contributed by atoms with Crippen LogP contribution in [0.25, 0.3) is 0 Å². The zero-order valence-corrected chi connectivity index (χ0v) is 21.0. The van der Waals surface area contributed by atoms with Crippen LogP contribution in [0.3, 0.4) is 0 Å². The zero-order chi connectivity index (χ0) is 27.1. The van der Waals surface area contributed by atoms with Gasteiger partial charge in [-0.2, -0.15) is 13.2 Å². The van der Waals surface area contributed by atoms with Gasteiger partial charge in [-0.15, -0.1) is 11.8 Å².